The molecule has 1 saturated heterocycles. The Morgan fingerprint density at radius 1 is 1.33 bits per heavy atom. The van der Waals surface area contributed by atoms with E-state index in [2.05, 4.69) is 4.98 Å². The molecule has 21 heavy (non-hydrogen) atoms. The molecule has 3 N–H and O–H groups in total. The van der Waals surface area contributed by atoms with Crippen LogP contribution in [0.3, 0.4) is 0 Å². The van der Waals surface area contributed by atoms with Crippen molar-refractivity contribution in [2.45, 2.75) is 38.9 Å². The first-order valence-corrected chi connectivity index (χ1v) is 7.13. The lowest BCUT2D eigenvalue weighted by Gasteiger charge is -2.32. The SMILES string of the molecule is CC1(C)OB(C(=Cc2nc(Cl)ccc2N)CO)OC1(C)C. The standard InChI is InChI=1S/C14H20BClN2O3/c1-13(2)14(3,4)21-15(20-13)9(8-19)7-11-10(17)5-6-12(16)18-11/h5-7,19H,8,17H2,1-4H3. The number of hydrogen-bond donors (Lipinski definition) is 2. The molecule has 1 aromatic rings. The number of hydrogen-bond acceptors (Lipinski definition) is 5. The Morgan fingerprint density at radius 2 is 1.90 bits per heavy atom. The third kappa shape index (κ3) is 3.24. The molecule has 2 rings (SSSR count). The Kier molecular flexibility index (Phi) is 4.35. The van der Waals surface area contributed by atoms with Crippen molar-refractivity contribution in [3.05, 3.63) is 28.5 Å². The van der Waals surface area contributed by atoms with Crippen molar-refractivity contribution in [1.82, 2.24) is 4.98 Å². The highest BCUT2D eigenvalue weighted by Crippen LogP contribution is 2.38. The fraction of sp³-hybridized carbons (Fsp3) is 0.500. The van der Waals surface area contributed by atoms with Crippen LogP contribution in [-0.2, 0) is 9.31 Å². The van der Waals surface area contributed by atoms with Crippen LogP contribution in [0, 0.1) is 0 Å². The van der Waals surface area contributed by atoms with Crippen molar-refractivity contribution in [2.24, 2.45) is 0 Å². The summed E-state index contributed by atoms with van der Waals surface area (Å²) in [7, 11) is -0.639. The summed E-state index contributed by atoms with van der Waals surface area (Å²) in [5.41, 5.74) is 6.44. The van der Waals surface area contributed by atoms with Gasteiger partial charge < -0.3 is 20.1 Å². The second-order valence-electron chi connectivity index (χ2n) is 6.07. The van der Waals surface area contributed by atoms with Crippen LogP contribution >= 0.6 is 11.6 Å². The number of aliphatic hydroxyl groups is 1. The molecule has 0 saturated carbocycles. The highest BCUT2D eigenvalue weighted by molar-refractivity contribution is 6.55. The molecule has 2 heterocycles. The molecule has 1 aliphatic rings. The number of halogens is 1. The number of pyridine rings is 1. The van der Waals surface area contributed by atoms with Gasteiger partial charge in [-0.05, 0) is 51.4 Å². The zero-order valence-electron chi connectivity index (χ0n) is 12.7. The molecule has 0 aromatic carbocycles. The molecule has 0 unspecified atom stereocenters. The lowest BCUT2D eigenvalue weighted by atomic mass is 9.78. The molecule has 0 atom stereocenters. The maximum Gasteiger partial charge on any atom is 0.492 e. The van der Waals surface area contributed by atoms with E-state index in [0.717, 1.165) is 0 Å². The molecule has 0 bridgehead atoms. The third-order valence-corrected chi connectivity index (χ3v) is 4.19. The van der Waals surface area contributed by atoms with E-state index >= 15 is 0 Å². The minimum atomic E-state index is -0.639. The summed E-state index contributed by atoms with van der Waals surface area (Å²) in [6.07, 6.45) is 1.66. The van der Waals surface area contributed by atoms with Gasteiger partial charge in [-0.3, -0.25) is 0 Å². The zero-order chi connectivity index (χ0) is 15.8. The maximum atomic E-state index is 9.62. The normalized spacial score (nSPS) is 20.9. The van der Waals surface area contributed by atoms with Crippen molar-refractivity contribution in [2.75, 3.05) is 12.3 Å². The molecule has 7 heteroatoms. The fourth-order valence-corrected chi connectivity index (χ4v) is 2.09. The van der Waals surface area contributed by atoms with Crippen LogP contribution < -0.4 is 5.73 Å². The summed E-state index contributed by atoms with van der Waals surface area (Å²) in [6, 6.07) is 3.28. The van der Waals surface area contributed by atoms with Gasteiger partial charge in [-0.25, -0.2) is 4.98 Å². The van der Waals surface area contributed by atoms with Gasteiger partial charge in [0.15, 0.2) is 0 Å². The molecule has 0 aliphatic carbocycles. The number of nitrogens with zero attached hydrogens (tertiary/aromatic N) is 1. The van der Waals surface area contributed by atoms with Gasteiger partial charge in [-0.1, -0.05) is 11.6 Å². The Hall–Kier alpha value is -1.08. The highest BCUT2D eigenvalue weighted by atomic mass is 35.5. The Labute approximate surface area is 130 Å². The van der Waals surface area contributed by atoms with Gasteiger partial charge in [0.1, 0.15) is 5.15 Å². The predicted molar refractivity (Wildman–Crippen MR) is 84.8 cm³/mol. The van der Waals surface area contributed by atoms with E-state index in [0.29, 0.717) is 22.0 Å². The number of aromatic nitrogens is 1. The lowest BCUT2D eigenvalue weighted by Crippen LogP contribution is -2.41. The molecular formula is C14H20BClN2O3. The largest absolute Gasteiger partial charge is 0.492 e. The molecule has 0 radical (unpaired) electrons. The van der Waals surface area contributed by atoms with Crippen LogP contribution in [-0.4, -0.2) is 35.0 Å². The number of nitrogens with two attached hydrogens (primary N) is 1. The Balaban J connectivity index is 2.33. The average molecular weight is 311 g/mol. The Bertz CT molecular complexity index is 559. The van der Waals surface area contributed by atoms with E-state index in [1.165, 1.54) is 0 Å². The fourth-order valence-electron chi connectivity index (χ4n) is 1.93. The van der Waals surface area contributed by atoms with Gasteiger partial charge in [-0.15, -0.1) is 0 Å². The molecule has 0 spiro atoms. The van der Waals surface area contributed by atoms with Crippen LogP contribution in [0.5, 0.6) is 0 Å². The molecule has 5 nitrogen and oxygen atoms in total. The van der Waals surface area contributed by atoms with Crippen molar-refractivity contribution in [1.29, 1.82) is 0 Å². The van der Waals surface area contributed by atoms with Crippen LogP contribution in [0.25, 0.3) is 6.08 Å². The van der Waals surface area contributed by atoms with E-state index in [1.54, 1.807) is 18.2 Å². The van der Waals surface area contributed by atoms with Gasteiger partial charge in [0, 0.05) is 0 Å². The molecule has 114 valence electrons. The number of rotatable bonds is 3. The van der Waals surface area contributed by atoms with E-state index in [9.17, 15) is 5.11 Å². The van der Waals surface area contributed by atoms with E-state index in [1.807, 2.05) is 27.7 Å². The first-order valence-electron chi connectivity index (χ1n) is 6.75. The van der Waals surface area contributed by atoms with E-state index in [4.69, 9.17) is 26.6 Å². The first-order chi connectivity index (χ1) is 9.66. The molecule has 0 amide bonds. The summed E-state index contributed by atoms with van der Waals surface area (Å²) in [5.74, 6) is 0. The van der Waals surface area contributed by atoms with E-state index < -0.39 is 18.3 Å². The Morgan fingerprint density at radius 3 is 2.43 bits per heavy atom. The summed E-state index contributed by atoms with van der Waals surface area (Å²) >= 11 is 5.87. The lowest BCUT2D eigenvalue weighted by molar-refractivity contribution is 0.00578. The highest BCUT2D eigenvalue weighted by Gasteiger charge is 2.52. The monoisotopic (exact) mass is 310 g/mol. The molecule has 1 aromatic heterocycles. The third-order valence-electron chi connectivity index (χ3n) is 3.98. The quantitative estimate of drug-likeness (QED) is 0.662. The van der Waals surface area contributed by atoms with E-state index in [-0.39, 0.29) is 6.61 Å². The minimum absolute atomic E-state index is 0.218. The van der Waals surface area contributed by atoms with Gasteiger partial charge >= 0.3 is 7.12 Å². The van der Waals surface area contributed by atoms with Crippen LogP contribution in [0.1, 0.15) is 33.4 Å². The summed E-state index contributed by atoms with van der Waals surface area (Å²) in [5, 5.41) is 9.95. The molecular weight excluding hydrogens is 290 g/mol. The van der Waals surface area contributed by atoms with Crippen LogP contribution in [0.2, 0.25) is 5.15 Å². The van der Waals surface area contributed by atoms with Gasteiger partial charge in [0.2, 0.25) is 0 Å². The van der Waals surface area contributed by atoms with Gasteiger partial charge in [0.05, 0.1) is 29.2 Å². The smallest absolute Gasteiger partial charge is 0.400 e. The van der Waals surface area contributed by atoms with Crippen LogP contribution in [0.4, 0.5) is 5.69 Å². The second-order valence-corrected chi connectivity index (χ2v) is 6.46. The zero-order valence-corrected chi connectivity index (χ0v) is 13.4. The number of aliphatic hydroxyl groups excluding tert-OH is 1. The summed E-state index contributed by atoms with van der Waals surface area (Å²) in [6.45, 7) is 7.59. The van der Waals surface area contributed by atoms with Gasteiger partial charge in [-0.2, -0.15) is 0 Å². The number of nitrogen functional groups attached to an aromatic ring is 1. The number of anilines is 1. The van der Waals surface area contributed by atoms with Gasteiger partial charge in [0.25, 0.3) is 0 Å². The molecule has 1 aliphatic heterocycles. The predicted octanol–water partition coefficient (Wildman–Crippen LogP) is 2.32. The topological polar surface area (TPSA) is 77.6 Å². The van der Waals surface area contributed by atoms with Crippen molar-refractivity contribution < 1.29 is 14.4 Å². The van der Waals surface area contributed by atoms with Crippen molar-refractivity contribution >= 4 is 30.5 Å². The summed E-state index contributed by atoms with van der Waals surface area (Å²) < 4.78 is 11.8. The van der Waals surface area contributed by atoms with Crippen LogP contribution in [0.15, 0.2) is 17.6 Å². The minimum Gasteiger partial charge on any atom is -0.400 e. The summed E-state index contributed by atoms with van der Waals surface area (Å²) in [4.78, 5) is 4.15. The first kappa shape index (κ1) is 16.3. The molecule has 1 fully saturated rings. The second kappa shape index (κ2) is 5.61. The maximum absolute atomic E-state index is 9.62. The van der Waals surface area contributed by atoms with Crippen molar-refractivity contribution in [3.63, 3.8) is 0 Å². The average Bonchev–Trinajstić information content (AvgIpc) is 2.59. The van der Waals surface area contributed by atoms with Crippen molar-refractivity contribution in [3.8, 4) is 0 Å².